The Morgan fingerprint density at radius 1 is 1.32 bits per heavy atom. The number of carbonyl (C=O) groups excluding carboxylic acids is 2. The molecule has 1 aromatic rings. The molecule has 0 spiro atoms. The first-order valence-electron chi connectivity index (χ1n) is 6.54. The number of nitrogens with zero attached hydrogens (tertiary/aromatic N) is 2. The largest absolute Gasteiger partial charge is 0.355 e. The first-order valence-corrected chi connectivity index (χ1v) is 6.54. The highest BCUT2D eigenvalue weighted by Crippen LogP contribution is 2.03. The van der Waals surface area contributed by atoms with Crippen molar-refractivity contribution in [3.8, 4) is 0 Å². The summed E-state index contributed by atoms with van der Waals surface area (Å²) in [5, 5.41) is 2.81. The van der Waals surface area contributed by atoms with Gasteiger partial charge in [-0.1, -0.05) is 13.3 Å². The van der Waals surface area contributed by atoms with Crippen LogP contribution in [0.4, 0.5) is 0 Å². The van der Waals surface area contributed by atoms with Crippen molar-refractivity contribution in [1.82, 2.24) is 15.2 Å². The Balaban J connectivity index is 2.49. The number of rotatable bonds is 7. The maximum absolute atomic E-state index is 11.7. The van der Waals surface area contributed by atoms with Crippen LogP contribution in [0.1, 0.15) is 32.3 Å². The van der Waals surface area contributed by atoms with Gasteiger partial charge in [0.25, 0.3) is 0 Å². The summed E-state index contributed by atoms with van der Waals surface area (Å²) in [7, 11) is 0. The standard InChI is InChI=1S/C14H21N3O2/c1-3-4-7-16-14(19)11-17(12(2)18)10-13-5-8-15-9-6-13/h5-6,8-9H,3-4,7,10-11H2,1-2H3,(H,16,19). The van der Waals surface area contributed by atoms with Gasteiger partial charge in [0.05, 0.1) is 6.54 Å². The highest BCUT2D eigenvalue weighted by Gasteiger charge is 2.13. The Hall–Kier alpha value is -1.91. The second-order valence-corrected chi connectivity index (χ2v) is 4.43. The van der Waals surface area contributed by atoms with Gasteiger partial charge < -0.3 is 10.2 Å². The monoisotopic (exact) mass is 263 g/mol. The smallest absolute Gasteiger partial charge is 0.239 e. The van der Waals surface area contributed by atoms with E-state index in [1.54, 1.807) is 12.4 Å². The number of amides is 2. The molecule has 0 bridgehead atoms. The molecule has 0 fully saturated rings. The van der Waals surface area contributed by atoms with Crippen molar-refractivity contribution >= 4 is 11.8 Å². The van der Waals surface area contributed by atoms with Crippen molar-refractivity contribution in [1.29, 1.82) is 0 Å². The first kappa shape index (κ1) is 15.1. The molecular formula is C14H21N3O2. The molecule has 0 radical (unpaired) electrons. The van der Waals surface area contributed by atoms with E-state index in [9.17, 15) is 9.59 Å². The van der Waals surface area contributed by atoms with Gasteiger partial charge in [-0.25, -0.2) is 0 Å². The minimum absolute atomic E-state index is 0.0986. The van der Waals surface area contributed by atoms with Gasteiger partial charge in [0, 0.05) is 32.4 Å². The Labute approximate surface area is 114 Å². The van der Waals surface area contributed by atoms with Crippen LogP contribution in [-0.4, -0.2) is 34.8 Å². The van der Waals surface area contributed by atoms with Crippen LogP contribution in [0, 0.1) is 0 Å². The minimum Gasteiger partial charge on any atom is -0.355 e. The van der Waals surface area contributed by atoms with Crippen LogP contribution in [0.5, 0.6) is 0 Å². The maximum Gasteiger partial charge on any atom is 0.239 e. The van der Waals surface area contributed by atoms with E-state index in [0.29, 0.717) is 13.1 Å². The molecule has 1 heterocycles. The molecule has 0 saturated carbocycles. The Morgan fingerprint density at radius 3 is 2.58 bits per heavy atom. The highest BCUT2D eigenvalue weighted by atomic mass is 16.2. The Bertz CT molecular complexity index is 406. The van der Waals surface area contributed by atoms with Gasteiger partial charge in [-0.15, -0.1) is 0 Å². The second kappa shape index (κ2) is 8.24. The van der Waals surface area contributed by atoms with Gasteiger partial charge in [0.2, 0.25) is 11.8 Å². The zero-order chi connectivity index (χ0) is 14.1. The van der Waals surface area contributed by atoms with Gasteiger partial charge in [-0.2, -0.15) is 0 Å². The van der Waals surface area contributed by atoms with Gasteiger partial charge >= 0.3 is 0 Å². The van der Waals surface area contributed by atoms with E-state index in [4.69, 9.17) is 0 Å². The van der Waals surface area contributed by atoms with E-state index in [1.165, 1.54) is 11.8 Å². The highest BCUT2D eigenvalue weighted by molar-refractivity contribution is 5.83. The Morgan fingerprint density at radius 2 is 2.00 bits per heavy atom. The number of hydrogen-bond donors (Lipinski definition) is 1. The van der Waals surface area contributed by atoms with Crippen LogP contribution in [0.25, 0.3) is 0 Å². The van der Waals surface area contributed by atoms with E-state index in [1.807, 2.05) is 12.1 Å². The number of unbranched alkanes of at least 4 members (excludes halogenated alkanes) is 1. The fraction of sp³-hybridized carbons (Fsp3) is 0.500. The summed E-state index contributed by atoms with van der Waals surface area (Å²) in [6, 6.07) is 3.68. The molecular weight excluding hydrogens is 242 g/mol. The number of hydrogen-bond acceptors (Lipinski definition) is 3. The third kappa shape index (κ3) is 5.99. The molecule has 5 heteroatoms. The molecule has 104 valence electrons. The molecule has 1 N–H and O–H groups in total. The molecule has 0 aliphatic heterocycles. The molecule has 1 rings (SSSR count). The van der Waals surface area contributed by atoms with Gasteiger partial charge in [0.1, 0.15) is 0 Å². The summed E-state index contributed by atoms with van der Waals surface area (Å²) in [6.07, 6.45) is 5.34. The molecule has 2 amide bonds. The van der Waals surface area contributed by atoms with Crippen molar-refractivity contribution in [3.63, 3.8) is 0 Å². The zero-order valence-corrected chi connectivity index (χ0v) is 11.6. The minimum atomic E-state index is -0.113. The van der Waals surface area contributed by atoms with E-state index >= 15 is 0 Å². The zero-order valence-electron chi connectivity index (χ0n) is 11.6. The molecule has 0 aliphatic rings. The third-order valence-electron chi connectivity index (χ3n) is 2.76. The van der Waals surface area contributed by atoms with Crippen molar-refractivity contribution in [3.05, 3.63) is 30.1 Å². The van der Waals surface area contributed by atoms with Crippen LogP contribution >= 0.6 is 0 Å². The van der Waals surface area contributed by atoms with E-state index in [0.717, 1.165) is 18.4 Å². The van der Waals surface area contributed by atoms with Gasteiger partial charge in [0.15, 0.2) is 0 Å². The topological polar surface area (TPSA) is 62.3 Å². The SMILES string of the molecule is CCCCNC(=O)CN(Cc1ccncc1)C(C)=O. The van der Waals surface area contributed by atoms with E-state index < -0.39 is 0 Å². The number of carbonyl (C=O) groups is 2. The van der Waals surface area contributed by atoms with Gasteiger partial charge in [-0.3, -0.25) is 14.6 Å². The summed E-state index contributed by atoms with van der Waals surface area (Å²) >= 11 is 0. The van der Waals surface area contributed by atoms with Crippen molar-refractivity contribution in [2.75, 3.05) is 13.1 Å². The van der Waals surface area contributed by atoms with E-state index in [-0.39, 0.29) is 18.4 Å². The fourth-order valence-electron chi connectivity index (χ4n) is 1.62. The summed E-state index contributed by atoms with van der Waals surface area (Å²) in [4.78, 5) is 28.7. The number of aromatic nitrogens is 1. The van der Waals surface area contributed by atoms with Crippen molar-refractivity contribution in [2.24, 2.45) is 0 Å². The van der Waals surface area contributed by atoms with Crippen LogP contribution in [0.2, 0.25) is 0 Å². The summed E-state index contributed by atoms with van der Waals surface area (Å²) < 4.78 is 0. The molecule has 0 unspecified atom stereocenters. The molecule has 0 saturated heterocycles. The fourth-order valence-corrected chi connectivity index (χ4v) is 1.62. The number of nitrogens with one attached hydrogen (secondary N) is 1. The molecule has 19 heavy (non-hydrogen) atoms. The van der Waals surface area contributed by atoms with Crippen molar-refractivity contribution in [2.45, 2.75) is 33.2 Å². The Kier molecular flexibility index (Phi) is 6.57. The first-order chi connectivity index (χ1) is 9.13. The number of pyridine rings is 1. The molecule has 1 aromatic heterocycles. The van der Waals surface area contributed by atoms with Gasteiger partial charge in [-0.05, 0) is 24.1 Å². The molecule has 0 aromatic carbocycles. The average molecular weight is 263 g/mol. The average Bonchev–Trinajstić information content (AvgIpc) is 2.39. The maximum atomic E-state index is 11.7. The lowest BCUT2D eigenvalue weighted by Crippen LogP contribution is -2.39. The van der Waals surface area contributed by atoms with E-state index in [2.05, 4.69) is 17.2 Å². The summed E-state index contributed by atoms with van der Waals surface area (Å²) in [5.74, 6) is -0.222. The summed E-state index contributed by atoms with van der Waals surface area (Å²) in [5.41, 5.74) is 0.964. The predicted molar refractivity (Wildman–Crippen MR) is 73.2 cm³/mol. The predicted octanol–water partition coefficient (Wildman–Crippen LogP) is 1.35. The van der Waals surface area contributed by atoms with Crippen LogP contribution in [0.15, 0.2) is 24.5 Å². The third-order valence-corrected chi connectivity index (χ3v) is 2.76. The molecule has 0 aliphatic carbocycles. The second-order valence-electron chi connectivity index (χ2n) is 4.43. The molecule has 5 nitrogen and oxygen atoms in total. The lowest BCUT2D eigenvalue weighted by molar-refractivity contribution is -0.134. The summed E-state index contributed by atoms with van der Waals surface area (Å²) in [6.45, 7) is 4.73. The molecule has 0 atom stereocenters. The normalized spacial score (nSPS) is 10.0. The quantitative estimate of drug-likeness (QED) is 0.755. The lowest BCUT2D eigenvalue weighted by Gasteiger charge is -2.20. The van der Waals surface area contributed by atoms with Crippen LogP contribution in [0.3, 0.4) is 0 Å². The van der Waals surface area contributed by atoms with Crippen LogP contribution < -0.4 is 5.32 Å². The lowest BCUT2D eigenvalue weighted by atomic mass is 10.2. The van der Waals surface area contributed by atoms with Crippen LogP contribution in [-0.2, 0) is 16.1 Å². The van der Waals surface area contributed by atoms with Crippen molar-refractivity contribution < 1.29 is 9.59 Å².